The molecule has 6 heteroatoms. The lowest BCUT2D eigenvalue weighted by Crippen LogP contribution is -2.41. The number of methoxy groups -OCH3 is 1. The summed E-state index contributed by atoms with van der Waals surface area (Å²) in [5.74, 6) is 0.968. The van der Waals surface area contributed by atoms with Gasteiger partial charge in [-0.05, 0) is 61.2 Å². The summed E-state index contributed by atoms with van der Waals surface area (Å²) in [5, 5.41) is 5.67. The Morgan fingerprint density at radius 2 is 1.61 bits per heavy atom. The highest BCUT2D eigenvalue weighted by Gasteiger charge is 2.56. The summed E-state index contributed by atoms with van der Waals surface area (Å²) in [6.45, 7) is 2.74. The molecule has 6 nitrogen and oxygen atoms in total. The Kier molecular flexibility index (Phi) is 6.19. The number of hydrogen-bond donors (Lipinski definition) is 2. The maximum atomic E-state index is 12.6. The molecule has 0 aliphatic heterocycles. The quantitative estimate of drug-likeness (QED) is 0.516. The van der Waals surface area contributed by atoms with Crippen molar-refractivity contribution in [3.63, 3.8) is 0 Å². The zero-order chi connectivity index (χ0) is 20.0. The molecule has 2 amide bonds. The molecule has 2 N–H and O–H groups in total. The van der Waals surface area contributed by atoms with Gasteiger partial charge >= 0.3 is 0 Å². The van der Waals surface area contributed by atoms with Crippen LogP contribution < -0.4 is 20.1 Å². The highest BCUT2D eigenvalue weighted by Crippen LogP contribution is 2.46. The number of nitrogens with one attached hydrogen (secondary N) is 2. The molecule has 1 saturated carbocycles. The molecule has 0 unspecified atom stereocenters. The second kappa shape index (κ2) is 8.78. The Balaban J connectivity index is 1.45. The Bertz CT molecular complexity index is 811. The largest absolute Gasteiger partial charge is 0.497 e. The SMILES string of the molecule is CCc1ccc(NC(=O)C2(C(=O)NCCOc3ccc(OC)cc3)CC2)cc1. The monoisotopic (exact) mass is 382 g/mol. The number of benzene rings is 2. The summed E-state index contributed by atoms with van der Waals surface area (Å²) in [7, 11) is 1.61. The minimum absolute atomic E-state index is 0.242. The number of ether oxygens (including phenoxy) is 2. The molecule has 2 aromatic rings. The lowest BCUT2D eigenvalue weighted by molar-refractivity contribution is -0.134. The number of hydrogen-bond acceptors (Lipinski definition) is 4. The molecule has 1 aliphatic carbocycles. The van der Waals surface area contributed by atoms with Crippen LogP contribution in [0.4, 0.5) is 5.69 Å². The third-order valence-electron chi connectivity index (χ3n) is 4.96. The van der Waals surface area contributed by atoms with Crippen LogP contribution >= 0.6 is 0 Å². The van der Waals surface area contributed by atoms with Crippen molar-refractivity contribution >= 4 is 17.5 Å². The standard InChI is InChI=1S/C22H26N2O4/c1-3-16-4-6-17(7-5-16)24-21(26)22(12-13-22)20(25)23-14-15-28-19-10-8-18(27-2)9-11-19/h4-11H,3,12-15H2,1-2H3,(H,23,25)(H,24,26). The second-order valence-corrected chi connectivity index (χ2v) is 6.87. The van der Waals surface area contributed by atoms with E-state index in [4.69, 9.17) is 9.47 Å². The van der Waals surface area contributed by atoms with E-state index in [1.165, 1.54) is 5.56 Å². The van der Waals surface area contributed by atoms with Gasteiger partial charge in [0.1, 0.15) is 23.5 Å². The van der Waals surface area contributed by atoms with Gasteiger partial charge in [0.15, 0.2) is 0 Å². The molecule has 1 aliphatic rings. The third kappa shape index (κ3) is 4.63. The molecule has 3 rings (SSSR count). The lowest BCUT2D eigenvalue weighted by Gasteiger charge is -2.16. The number of aryl methyl sites for hydroxylation is 1. The van der Waals surface area contributed by atoms with Gasteiger partial charge in [0.2, 0.25) is 11.8 Å². The zero-order valence-corrected chi connectivity index (χ0v) is 16.3. The zero-order valence-electron chi connectivity index (χ0n) is 16.3. The van der Waals surface area contributed by atoms with E-state index in [9.17, 15) is 9.59 Å². The van der Waals surface area contributed by atoms with Crippen molar-refractivity contribution < 1.29 is 19.1 Å². The highest BCUT2D eigenvalue weighted by atomic mass is 16.5. The highest BCUT2D eigenvalue weighted by molar-refractivity contribution is 6.13. The first-order valence-electron chi connectivity index (χ1n) is 9.53. The molecule has 0 bridgehead atoms. The summed E-state index contributed by atoms with van der Waals surface area (Å²) >= 11 is 0. The molecule has 0 spiro atoms. The van der Waals surface area contributed by atoms with Crippen LogP contribution in [0.3, 0.4) is 0 Å². The number of carbonyl (C=O) groups excluding carboxylic acids is 2. The fourth-order valence-corrected chi connectivity index (χ4v) is 2.93. The van der Waals surface area contributed by atoms with Crippen molar-refractivity contribution in [2.75, 3.05) is 25.6 Å². The van der Waals surface area contributed by atoms with E-state index in [1.54, 1.807) is 19.2 Å². The molecule has 0 heterocycles. The van der Waals surface area contributed by atoms with Crippen molar-refractivity contribution in [3.05, 3.63) is 54.1 Å². The third-order valence-corrected chi connectivity index (χ3v) is 4.96. The summed E-state index contributed by atoms with van der Waals surface area (Å²) in [5.41, 5.74) is 0.960. The van der Waals surface area contributed by atoms with Gasteiger partial charge in [0.05, 0.1) is 13.7 Å². The lowest BCUT2D eigenvalue weighted by atomic mass is 10.0. The summed E-state index contributed by atoms with van der Waals surface area (Å²) in [4.78, 5) is 25.1. The molecule has 1 fully saturated rings. The first-order chi connectivity index (χ1) is 13.6. The van der Waals surface area contributed by atoms with Crippen molar-refractivity contribution in [1.82, 2.24) is 5.32 Å². The Morgan fingerprint density at radius 3 is 2.18 bits per heavy atom. The molecular weight excluding hydrogens is 356 g/mol. The smallest absolute Gasteiger partial charge is 0.240 e. The summed E-state index contributed by atoms with van der Waals surface area (Å²) < 4.78 is 10.7. The number of carbonyl (C=O) groups is 2. The first-order valence-corrected chi connectivity index (χ1v) is 9.53. The second-order valence-electron chi connectivity index (χ2n) is 6.87. The van der Waals surface area contributed by atoms with Crippen molar-refractivity contribution in [2.24, 2.45) is 5.41 Å². The molecule has 2 aromatic carbocycles. The topological polar surface area (TPSA) is 76.7 Å². The normalized spacial score (nSPS) is 14.1. The van der Waals surface area contributed by atoms with Gasteiger partial charge in [0, 0.05) is 5.69 Å². The van der Waals surface area contributed by atoms with Crippen molar-refractivity contribution in [3.8, 4) is 11.5 Å². The van der Waals surface area contributed by atoms with Crippen LogP contribution in [-0.2, 0) is 16.0 Å². The maximum Gasteiger partial charge on any atom is 0.240 e. The maximum absolute atomic E-state index is 12.6. The van der Waals surface area contributed by atoms with Crippen molar-refractivity contribution in [1.29, 1.82) is 0 Å². The predicted molar refractivity (Wildman–Crippen MR) is 108 cm³/mol. The molecule has 0 atom stereocenters. The number of rotatable bonds is 9. The van der Waals surface area contributed by atoms with Gasteiger partial charge in [-0.15, -0.1) is 0 Å². The Morgan fingerprint density at radius 1 is 0.964 bits per heavy atom. The Labute approximate surface area is 165 Å². The van der Waals surface area contributed by atoms with E-state index in [2.05, 4.69) is 17.6 Å². The molecule has 0 aromatic heterocycles. The van der Waals surface area contributed by atoms with E-state index in [0.29, 0.717) is 37.4 Å². The predicted octanol–water partition coefficient (Wildman–Crippen LogP) is 3.17. The van der Waals surface area contributed by atoms with E-state index in [0.717, 1.165) is 12.2 Å². The van der Waals surface area contributed by atoms with Crippen LogP contribution in [0.1, 0.15) is 25.3 Å². The van der Waals surface area contributed by atoms with E-state index < -0.39 is 5.41 Å². The average molecular weight is 382 g/mol. The van der Waals surface area contributed by atoms with Crippen LogP contribution in [0.15, 0.2) is 48.5 Å². The average Bonchev–Trinajstić information content (AvgIpc) is 3.54. The molecule has 0 saturated heterocycles. The molecular formula is C22H26N2O4. The van der Waals surface area contributed by atoms with Gasteiger partial charge in [-0.3, -0.25) is 9.59 Å². The minimum Gasteiger partial charge on any atom is -0.497 e. The van der Waals surface area contributed by atoms with Crippen LogP contribution in [0.25, 0.3) is 0 Å². The van der Waals surface area contributed by atoms with Crippen LogP contribution in [0, 0.1) is 5.41 Å². The fourth-order valence-electron chi connectivity index (χ4n) is 2.93. The molecule has 28 heavy (non-hydrogen) atoms. The number of anilines is 1. The van der Waals surface area contributed by atoms with E-state index in [1.807, 2.05) is 36.4 Å². The summed E-state index contributed by atoms with van der Waals surface area (Å²) in [6, 6.07) is 14.9. The van der Waals surface area contributed by atoms with Crippen LogP contribution in [-0.4, -0.2) is 32.1 Å². The van der Waals surface area contributed by atoms with Gasteiger partial charge in [-0.2, -0.15) is 0 Å². The van der Waals surface area contributed by atoms with E-state index >= 15 is 0 Å². The van der Waals surface area contributed by atoms with Crippen LogP contribution in [0.5, 0.6) is 11.5 Å². The fraction of sp³-hybridized carbons (Fsp3) is 0.364. The van der Waals surface area contributed by atoms with Gasteiger partial charge in [-0.1, -0.05) is 19.1 Å². The Hall–Kier alpha value is -3.02. The minimum atomic E-state index is -0.955. The van der Waals surface area contributed by atoms with Gasteiger partial charge in [0.25, 0.3) is 0 Å². The van der Waals surface area contributed by atoms with Crippen LogP contribution in [0.2, 0.25) is 0 Å². The number of amides is 2. The van der Waals surface area contributed by atoms with Gasteiger partial charge in [-0.25, -0.2) is 0 Å². The van der Waals surface area contributed by atoms with Gasteiger partial charge < -0.3 is 20.1 Å². The molecule has 0 radical (unpaired) electrons. The van der Waals surface area contributed by atoms with Crippen molar-refractivity contribution in [2.45, 2.75) is 26.2 Å². The molecule has 148 valence electrons. The first kappa shape index (κ1) is 19.7. The van der Waals surface area contributed by atoms with E-state index in [-0.39, 0.29) is 11.8 Å². The summed E-state index contributed by atoms with van der Waals surface area (Å²) in [6.07, 6.45) is 2.08.